The Labute approximate surface area is 119 Å². The van der Waals surface area contributed by atoms with Crippen LogP contribution in [0.4, 0.5) is 0 Å². The van der Waals surface area contributed by atoms with Crippen molar-refractivity contribution in [2.45, 2.75) is 47.5 Å². The average Bonchev–Trinajstić information content (AvgIpc) is 2.61. The monoisotopic (exact) mass is 274 g/mol. The zero-order valence-corrected chi connectivity index (χ0v) is 12.8. The minimum atomic E-state index is -0.0341. The third-order valence-electron chi connectivity index (χ3n) is 3.34. The quantitative estimate of drug-likeness (QED) is 0.931. The average molecular weight is 274 g/mol. The fourth-order valence-corrected chi connectivity index (χ4v) is 2.26. The van der Waals surface area contributed by atoms with Crippen molar-refractivity contribution >= 4 is 0 Å². The molecule has 0 aliphatic rings. The van der Waals surface area contributed by atoms with Gasteiger partial charge in [-0.15, -0.1) is 0 Å². The topological polar surface area (TPSA) is 63.6 Å². The van der Waals surface area contributed by atoms with E-state index in [1.807, 2.05) is 26.8 Å². The molecule has 0 aliphatic carbocycles. The van der Waals surface area contributed by atoms with Gasteiger partial charge in [-0.3, -0.25) is 9.89 Å². The molecule has 20 heavy (non-hydrogen) atoms. The molecule has 2 aromatic heterocycles. The molecular weight excluding hydrogens is 252 g/mol. The summed E-state index contributed by atoms with van der Waals surface area (Å²) in [5.41, 5.74) is 3.42. The SMILES string of the molecule is Cc1cc(C)nc(-n2[nH]c(C)c(CCC(C)C)c2=O)n1. The van der Waals surface area contributed by atoms with Crippen molar-refractivity contribution in [3.8, 4) is 5.95 Å². The molecule has 5 nitrogen and oxygen atoms in total. The van der Waals surface area contributed by atoms with Crippen LogP contribution in [0.25, 0.3) is 5.95 Å². The van der Waals surface area contributed by atoms with Crippen LogP contribution in [-0.4, -0.2) is 19.7 Å². The molecule has 0 saturated carbocycles. The van der Waals surface area contributed by atoms with E-state index in [4.69, 9.17) is 0 Å². The first-order chi connectivity index (χ1) is 9.38. The molecule has 2 rings (SSSR count). The minimum absolute atomic E-state index is 0.0341. The van der Waals surface area contributed by atoms with E-state index >= 15 is 0 Å². The lowest BCUT2D eigenvalue weighted by Gasteiger charge is -2.02. The summed E-state index contributed by atoms with van der Waals surface area (Å²) in [6.45, 7) is 10.1. The van der Waals surface area contributed by atoms with E-state index in [1.165, 1.54) is 4.68 Å². The van der Waals surface area contributed by atoms with Crippen LogP contribution < -0.4 is 5.56 Å². The van der Waals surface area contributed by atoms with Crippen LogP contribution in [0, 0.1) is 26.7 Å². The predicted octanol–water partition coefficient (Wildman–Crippen LogP) is 2.47. The number of nitrogens with one attached hydrogen (secondary N) is 1. The number of rotatable bonds is 4. The summed E-state index contributed by atoms with van der Waals surface area (Å²) in [6.07, 6.45) is 1.79. The Morgan fingerprint density at radius 2 is 1.80 bits per heavy atom. The van der Waals surface area contributed by atoms with E-state index in [9.17, 15) is 4.79 Å². The van der Waals surface area contributed by atoms with Gasteiger partial charge in [0.25, 0.3) is 11.5 Å². The van der Waals surface area contributed by atoms with Gasteiger partial charge in [0.2, 0.25) is 0 Å². The lowest BCUT2D eigenvalue weighted by Crippen LogP contribution is -2.20. The second-order valence-electron chi connectivity index (χ2n) is 5.74. The fourth-order valence-electron chi connectivity index (χ4n) is 2.26. The van der Waals surface area contributed by atoms with Crippen molar-refractivity contribution in [3.63, 3.8) is 0 Å². The molecule has 0 saturated heterocycles. The highest BCUT2D eigenvalue weighted by atomic mass is 16.1. The molecule has 0 unspecified atom stereocenters. The Hall–Kier alpha value is -1.91. The summed E-state index contributed by atoms with van der Waals surface area (Å²) in [4.78, 5) is 21.1. The highest BCUT2D eigenvalue weighted by Gasteiger charge is 2.14. The van der Waals surface area contributed by atoms with Crippen molar-refractivity contribution in [3.05, 3.63) is 39.1 Å². The van der Waals surface area contributed by atoms with Crippen molar-refractivity contribution < 1.29 is 0 Å². The highest BCUT2D eigenvalue weighted by molar-refractivity contribution is 5.23. The molecule has 1 N–H and O–H groups in total. The number of nitrogens with zero attached hydrogens (tertiary/aromatic N) is 3. The van der Waals surface area contributed by atoms with Crippen LogP contribution >= 0.6 is 0 Å². The van der Waals surface area contributed by atoms with Crippen LogP contribution in [0.1, 0.15) is 42.9 Å². The smallest absolute Gasteiger partial charge is 0.277 e. The Morgan fingerprint density at radius 1 is 1.20 bits per heavy atom. The summed E-state index contributed by atoms with van der Waals surface area (Å²) in [6, 6.07) is 1.89. The molecular formula is C15H22N4O. The highest BCUT2D eigenvalue weighted by Crippen LogP contribution is 2.10. The Kier molecular flexibility index (Phi) is 4.06. The largest absolute Gasteiger partial charge is 0.292 e. The maximum atomic E-state index is 12.5. The molecule has 2 aromatic rings. The van der Waals surface area contributed by atoms with Gasteiger partial charge >= 0.3 is 0 Å². The van der Waals surface area contributed by atoms with E-state index in [1.54, 1.807) is 0 Å². The second-order valence-corrected chi connectivity index (χ2v) is 5.74. The fraction of sp³-hybridized carbons (Fsp3) is 0.533. The molecule has 0 fully saturated rings. The normalized spacial score (nSPS) is 11.3. The van der Waals surface area contributed by atoms with Crippen molar-refractivity contribution in [1.29, 1.82) is 0 Å². The molecule has 0 bridgehead atoms. The molecule has 108 valence electrons. The number of hydrogen-bond acceptors (Lipinski definition) is 3. The summed E-state index contributed by atoms with van der Waals surface area (Å²) < 4.78 is 1.45. The first-order valence-electron chi connectivity index (χ1n) is 7.01. The van der Waals surface area contributed by atoms with Gasteiger partial charge < -0.3 is 0 Å². The van der Waals surface area contributed by atoms with E-state index in [-0.39, 0.29) is 5.56 Å². The molecule has 0 aliphatic heterocycles. The van der Waals surface area contributed by atoms with E-state index in [0.29, 0.717) is 11.9 Å². The first-order valence-corrected chi connectivity index (χ1v) is 7.01. The predicted molar refractivity (Wildman–Crippen MR) is 79.3 cm³/mol. The van der Waals surface area contributed by atoms with Gasteiger partial charge in [0.1, 0.15) is 0 Å². The number of H-pyrrole nitrogens is 1. The van der Waals surface area contributed by atoms with Crippen molar-refractivity contribution in [1.82, 2.24) is 19.7 Å². The summed E-state index contributed by atoms with van der Waals surface area (Å²) >= 11 is 0. The van der Waals surface area contributed by atoms with Crippen molar-refractivity contribution in [2.24, 2.45) is 5.92 Å². The summed E-state index contributed by atoms with van der Waals surface area (Å²) in [5.74, 6) is 1.00. The molecule has 0 spiro atoms. The van der Waals surface area contributed by atoms with Crippen LogP contribution in [0.2, 0.25) is 0 Å². The van der Waals surface area contributed by atoms with E-state index in [2.05, 4.69) is 28.9 Å². The van der Waals surface area contributed by atoms with Gasteiger partial charge in [-0.25, -0.2) is 9.97 Å². The standard InChI is InChI=1S/C15H22N4O/c1-9(2)6-7-13-12(5)18-19(14(13)20)15-16-10(3)8-11(4)17-15/h8-9,18H,6-7H2,1-5H3. The second kappa shape index (κ2) is 5.61. The third-order valence-corrected chi connectivity index (χ3v) is 3.34. The van der Waals surface area contributed by atoms with E-state index < -0.39 is 0 Å². The van der Waals surface area contributed by atoms with Gasteiger partial charge in [0.05, 0.1) is 0 Å². The lowest BCUT2D eigenvalue weighted by molar-refractivity contribution is 0.584. The molecule has 5 heteroatoms. The van der Waals surface area contributed by atoms with Crippen LogP contribution in [0.5, 0.6) is 0 Å². The maximum absolute atomic E-state index is 12.5. The Morgan fingerprint density at radius 3 is 2.35 bits per heavy atom. The number of hydrogen-bond donors (Lipinski definition) is 1. The number of aryl methyl sites for hydroxylation is 3. The molecule has 0 aromatic carbocycles. The molecule has 2 heterocycles. The van der Waals surface area contributed by atoms with Crippen molar-refractivity contribution in [2.75, 3.05) is 0 Å². The molecule has 0 amide bonds. The third kappa shape index (κ3) is 2.98. The van der Waals surface area contributed by atoms with Crippen LogP contribution in [-0.2, 0) is 6.42 Å². The lowest BCUT2D eigenvalue weighted by atomic mass is 10.0. The molecule has 0 radical (unpaired) electrons. The number of aromatic nitrogens is 4. The Balaban J connectivity index is 2.43. The minimum Gasteiger partial charge on any atom is -0.292 e. The zero-order chi connectivity index (χ0) is 14.9. The Bertz CT molecular complexity index is 647. The first kappa shape index (κ1) is 14.5. The zero-order valence-electron chi connectivity index (χ0n) is 12.8. The van der Waals surface area contributed by atoms with Gasteiger partial charge in [-0.05, 0) is 45.6 Å². The summed E-state index contributed by atoms with van der Waals surface area (Å²) in [5, 5.41) is 3.09. The van der Waals surface area contributed by atoms with Gasteiger partial charge in [0.15, 0.2) is 0 Å². The number of aromatic amines is 1. The van der Waals surface area contributed by atoms with E-state index in [0.717, 1.165) is 35.5 Å². The summed E-state index contributed by atoms with van der Waals surface area (Å²) in [7, 11) is 0. The van der Waals surface area contributed by atoms with Crippen LogP contribution in [0.15, 0.2) is 10.9 Å². The van der Waals surface area contributed by atoms with Gasteiger partial charge in [-0.1, -0.05) is 13.8 Å². The maximum Gasteiger partial charge on any atom is 0.277 e. The molecule has 0 atom stereocenters. The van der Waals surface area contributed by atoms with Gasteiger partial charge in [-0.2, -0.15) is 4.68 Å². The van der Waals surface area contributed by atoms with Gasteiger partial charge in [0, 0.05) is 22.6 Å². The van der Waals surface area contributed by atoms with Crippen LogP contribution in [0.3, 0.4) is 0 Å².